The van der Waals surface area contributed by atoms with Gasteiger partial charge in [0.2, 0.25) is 21.8 Å². The Morgan fingerprint density at radius 1 is 1.14 bits per heavy atom. The molecule has 0 bridgehead atoms. The van der Waals surface area contributed by atoms with E-state index in [1.54, 1.807) is 34.1 Å². The molecule has 0 spiro atoms. The summed E-state index contributed by atoms with van der Waals surface area (Å²) in [5.74, 6) is -0.240. The molecule has 1 aliphatic carbocycles. The summed E-state index contributed by atoms with van der Waals surface area (Å²) in [6, 6.07) is 4.17. The third kappa shape index (κ3) is 5.25. The van der Waals surface area contributed by atoms with Crippen molar-refractivity contribution < 1.29 is 18.0 Å². The number of piperazine rings is 1. The van der Waals surface area contributed by atoms with Crippen LogP contribution < -0.4 is 5.32 Å². The van der Waals surface area contributed by atoms with Crippen molar-refractivity contribution in [2.45, 2.75) is 49.5 Å². The molecule has 0 radical (unpaired) electrons. The Hall–Kier alpha value is -2.41. The van der Waals surface area contributed by atoms with Gasteiger partial charge in [0, 0.05) is 24.7 Å². The molecule has 1 saturated carbocycles. The molecular formula is C23H27N5O4S3. The zero-order chi connectivity index (χ0) is 24.4. The van der Waals surface area contributed by atoms with E-state index in [0.717, 1.165) is 35.9 Å². The van der Waals surface area contributed by atoms with E-state index >= 15 is 0 Å². The molecular weight excluding hydrogens is 506 g/mol. The highest BCUT2D eigenvalue weighted by molar-refractivity contribution is 7.89. The molecule has 0 unspecified atom stereocenters. The summed E-state index contributed by atoms with van der Waals surface area (Å²) in [6.45, 7) is 0.0266. The van der Waals surface area contributed by atoms with Gasteiger partial charge in [-0.1, -0.05) is 32.1 Å². The van der Waals surface area contributed by atoms with Crippen molar-refractivity contribution >= 4 is 59.9 Å². The molecule has 1 N–H and O–H groups in total. The zero-order valence-electron chi connectivity index (χ0n) is 19.1. The number of anilines is 1. The zero-order valence-corrected chi connectivity index (χ0v) is 21.6. The van der Waals surface area contributed by atoms with Crippen molar-refractivity contribution in [3.63, 3.8) is 0 Å². The summed E-state index contributed by atoms with van der Waals surface area (Å²) >= 11 is 2.70. The van der Waals surface area contributed by atoms with E-state index < -0.39 is 16.1 Å². The maximum Gasteiger partial charge on any atom is 0.248 e. The first-order valence-electron chi connectivity index (χ1n) is 11.7. The van der Waals surface area contributed by atoms with Crippen molar-refractivity contribution in [1.82, 2.24) is 19.2 Å². The fourth-order valence-electron chi connectivity index (χ4n) is 4.93. The van der Waals surface area contributed by atoms with E-state index in [1.165, 1.54) is 39.5 Å². The minimum Gasteiger partial charge on any atom is -0.328 e. The number of hydrogen-bond acceptors (Lipinski definition) is 8. The third-order valence-electron chi connectivity index (χ3n) is 6.79. The number of carbonyl (C=O) groups is 2. The van der Waals surface area contributed by atoms with E-state index in [4.69, 9.17) is 0 Å². The number of nitrogens with zero attached hydrogens (tertiary/aromatic N) is 4. The van der Waals surface area contributed by atoms with Crippen LogP contribution in [0.25, 0.3) is 10.2 Å². The quantitative estimate of drug-likeness (QED) is 0.497. The number of sulfonamides is 1. The van der Waals surface area contributed by atoms with Crippen LogP contribution in [0.5, 0.6) is 0 Å². The molecule has 35 heavy (non-hydrogen) atoms. The Morgan fingerprint density at radius 3 is 2.71 bits per heavy atom. The molecule has 5 rings (SSSR count). The van der Waals surface area contributed by atoms with Gasteiger partial charge in [0.15, 0.2) is 5.13 Å². The monoisotopic (exact) mass is 533 g/mol. The fraction of sp³-hybridized carbons (Fsp3) is 0.478. The Kier molecular flexibility index (Phi) is 7.14. The third-order valence-corrected chi connectivity index (χ3v) is 10.1. The number of fused-ring (bicyclic) bond motifs is 1. The number of carbonyl (C=O) groups excluding carboxylic acids is 2. The molecule has 186 valence electrons. The second kappa shape index (κ2) is 10.3. The highest BCUT2D eigenvalue weighted by atomic mass is 32.2. The van der Waals surface area contributed by atoms with Gasteiger partial charge in [-0.3, -0.25) is 9.59 Å². The standard InChI is InChI=1S/C23H27N5O4S3/c29-21-14-27(35(31,32)17-6-7-18-20(13-17)34-15-25-18)9-10-28(21)19(12-16-4-2-1-3-5-16)22(30)26-23-24-8-11-33-23/h6-8,11,13,15-16,19H,1-5,9-10,12,14H2,(H,24,26,30)/t19-/m0/s1. The predicted molar refractivity (Wildman–Crippen MR) is 136 cm³/mol. The van der Waals surface area contributed by atoms with Crippen LogP contribution in [-0.4, -0.2) is 65.1 Å². The SMILES string of the molecule is O=C(Nc1nccs1)[C@H](CC1CCCCC1)N1CCN(S(=O)(=O)c2ccc3ncsc3c2)CC1=O. The van der Waals surface area contributed by atoms with Crippen molar-refractivity contribution in [2.24, 2.45) is 5.92 Å². The summed E-state index contributed by atoms with van der Waals surface area (Å²) in [5.41, 5.74) is 2.42. The molecule has 1 atom stereocenters. The maximum atomic E-state index is 13.3. The van der Waals surface area contributed by atoms with Crippen molar-refractivity contribution in [2.75, 3.05) is 25.0 Å². The van der Waals surface area contributed by atoms with Crippen molar-refractivity contribution in [1.29, 1.82) is 0 Å². The molecule has 9 nitrogen and oxygen atoms in total. The average molecular weight is 534 g/mol. The van der Waals surface area contributed by atoms with Gasteiger partial charge in [0.05, 0.1) is 27.2 Å². The highest BCUT2D eigenvalue weighted by Crippen LogP contribution is 2.31. The molecule has 2 amide bonds. The lowest BCUT2D eigenvalue weighted by Crippen LogP contribution is -2.58. The number of benzene rings is 1. The van der Waals surface area contributed by atoms with E-state index in [9.17, 15) is 18.0 Å². The molecule has 1 aliphatic heterocycles. The van der Waals surface area contributed by atoms with Gasteiger partial charge in [-0.15, -0.1) is 22.7 Å². The van der Waals surface area contributed by atoms with Gasteiger partial charge in [0.1, 0.15) is 6.04 Å². The molecule has 1 aromatic carbocycles. The predicted octanol–water partition coefficient (Wildman–Crippen LogP) is 3.56. The molecule has 2 fully saturated rings. The molecule has 3 heterocycles. The Bertz CT molecular complexity index is 1300. The summed E-state index contributed by atoms with van der Waals surface area (Å²) in [4.78, 5) is 36.6. The normalized spacial score (nSPS) is 19.2. The van der Waals surface area contributed by atoms with E-state index in [0.29, 0.717) is 17.5 Å². The number of hydrogen-bond donors (Lipinski definition) is 1. The van der Waals surface area contributed by atoms with Crippen LogP contribution in [0.15, 0.2) is 40.2 Å². The van der Waals surface area contributed by atoms with Crippen LogP contribution in [0.2, 0.25) is 0 Å². The highest BCUT2D eigenvalue weighted by Gasteiger charge is 2.39. The molecule has 3 aromatic rings. The summed E-state index contributed by atoms with van der Waals surface area (Å²) < 4.78 is 28.6. The van der Waals surface area contributed by atoms with Crippen molar-refractivity contribution in [3.8, 4) is 0 Å². The lowest BCUT2D eigenvalue weighted by Gasteiger charge is -2.39. The average Bonchev–Trinajstić information content (AvgIpc) is 3.55. The minimum atomic E-state index is -3.85. The second-order valence-electron chi connectivity index (χ2n) is 8.99. The number of aromatic nitrogens is 2. The Morgan fingerprint density at radius 2 is 1.97 bits per heavy atom. The molecule has 2 aromatic heterocycles. The lowest BCUT2D eigenvalue weighted by atomic mass is 9.84. The van der Waals surface area contributed by atoms with Gasteiger partial charge < -0.3 is 10.2 Å². The van der Waals surface area contributed by atoms with Crippen LogP contribution in [0.3, 0.4) is 0 Å². The summed E-state index contributed by atoms with van der Waals surface area (Å²) in [6.07, 6.45) is 7.76. The first-order valence-corrected chi connectivity index (χ1v) is 14.9. The van der Waals surface area contributed by atoms with E-state index in [2.05, 4.69) is 15.3 Å². The van der Waals surface area contributed by atoms with Crippen LogP contribution in [-0.2, 0) is 19.6 Å². The summed E-state index contributed by atoms with van der Waals surface area (Å²) in [7, 11) is -3.85. The number of amides is 2. The first-order chi connectivity index (χ1) is 16.9. The molecule has 12 heteroatoms. The van der Waals surface area contributed by atoms with Gasteiger partial charge in [-0.25, -0.2) is 18.4 Å². The first kappa shape index (κ1) is 24.3. The molecule has 1 saturated heterocycles. The molecule has 2 aliphatic rings. The van der Waals surface area contributed by atoms with Crippen LogP contribution in [0.1, 0.15) is 38.5 Å². The van der Waals surface area contributed by atoms with Gasteiger partial charge in [-0.05, 0) is 30.5 Å². The number of nitrogens with one attached hydrogen (secondary N) is 1. The fourth-order valence-corrected chi connectivity index (χ4v) is 7.66. The van der Waals surface area contributed by atoms with E-state index in [1.807, 2.05) is 0 Å². The van der Waals surface area contributed by atoms with Crippen LogP contribution >= 0.6 is 22.7 Å². The topological polar surface area (TPSA) is 113 Å². The van der Waals surface area contributed by atoms with Gasteiger partial charge in [-0.2, -0.15) is 4.31 Å². The summed E-state index contributed by atoms with van der Waals surface area (Å²) in [5, 5.41) is 5.13. The number of thiazole rings is 2. The Balaban J connectivity index is 1.33. The van der Waals surface area contributed by atoms with E-state index in [-0.39, 0.29) is 36.3 Å². The second-order valence-corrected chi connectivity index (χ2v) is 12.7. The smallest absolute Gasteiger partial charge is 0.248 e. The number of rotatable bonds is 7. The van der Waals surface area contributed by atoms with Gasteiger partial charge in [0.25, 0.3) is 0 Å². The minimum absolute atomic E-state index is 0.139. The Labute approximate surface area is 212 Å². The maximum absolute atomic E-state index is 13.3. The largest absolute Gasteiger partial charge is 0.328 e. The van der Waals surface area contributed by atoms with Crippen molar-refractivity contribution in [3.05, 3.63) is 35.3 Å². The lowest BCUT2D eigenvalue weighted by molar-refractivity contribution is -0.142. The van der Waals surface area contributed by atoms with Gasteiger partial charge >= 0.3 is 0 Å². The van der Waals surface area contributed by atoms with Crippen LogP contribution in [0.4, 0.5) is 5.13 Å². The van der Waals surface area contributed by atoms with Crippen LogP contribution in [0, 0.1) is 5.92 Å².